The molecule has 4 nitrogen and oxygen atoms in total. The van der Waals surface area contributed by atoms with Gasteiger partial charge in [0.15, 0.2) is 10.9 Å². The Kier molecular flexibility index (Phi) is 3.78. The molecule has 0 saturated heterocycles. The molecule has 0 unspecified atom stereocenters. The summed E-state index contributed by atoms with van der Waals surface area (Å²) in [6.07, 6.45) is 0. The summed E-state index contributed by atoms with van der Waals surface area (Å²) in [5.74, 6) is 0.583. The second-order valence-corrected chi connectivity index (χ2v) is 6.69. The van der Waals surface area contributed by atoms with Crippen LogP contribution in [0.25, 0.3) is 0 Å². The van der Waals surface area contributed by atoms with Crippen LogP contribution in [-0.2, 0) is 5.41 Å². The van der Waals surface area contributed by atoms with Crippen molar-refractivity contribution in [1.82, 2.24) is 9.97 Å². The van der Waals surface area contributed by atoms with E-state index >= 15 is 0 Å². The van der Waals surface area contributed by atoms with E-state index in [1.165, 1.54) is 11.3 Å². The minimum absolute atomic E-state index is 0.0183. The highest BCUT2D eigenvalue weighted by molar-refractivity contribution is 7.13. The van der Waals surface area contributed by atoms with E-state index in [0.29, 0.717) is 11.4 Å². The molecule has 2 aromatic rings. The van der Waals surface area contributed by atoms with Gasteiger partial charge in [0, 0.05) is 16.5 Å². The number of thiazole rings is 1. The van der Waals surface area contributed by atoms with Gasteiger partial charge in [-0.25, -0.2) is 9.97 Å². The van der Waals surface area contributed by atoms with Crippen molar-refractivity contribution in [1.29, 1.82) is 5.26 Å². The Morgan fingerprint density at radius 3 is 2.50 bits per heavy atom. The first-order valence-corrected chi connectivity index (χ1v) is 7.30. The molecule has 2 heterocycles. The molecule has 20 heavy (non-hydrogen) atoms. The summed E-state index contributed by atoms with van der Waals surface area (Å²) in [5, 5.41) is 15.2. The van der Waals surface area contributed by atoms with Crippen LogP contribution in [0.15, 0.2) is 11.4 Å². The van der Waals surface area contributed by atoms with Crippen LogP contribution in [-0.4, -0.2) is 9.97 Å². The zero-order valence-corrected chi connectivity index (χ0v) is 13.2. The van der Waals surface area contributed by atoms with Gasteiger partial charge in [-0.3, -0.25) is 0 Å². The predicted octanol–water partition coefficient (Wildman–Crippen LogP) is 4.07. The second kappa shape index (κ2) is 5.22. The first kappa shape index (κ1) is 14.5. The molecule has 0 atom stereocenters. The average molecular weight is 286 g/mol. The van der Waals surface area contributed by atoms with E-state index in [1.54, 1.807) is 0 Å². The molecule has 2 rings (SSSR count). The van der Waals surface area contributed by atoms with Crippen molar-refractivity contribution in [3.05, 3.63) is 34.0 Å². The van der Waals surface area contributed by atoms with E-state index in [2.05, 4.69) is 42.1 Å². The van der Waals surface area contributed by atoms with Gasteiger partial charge in [-0.05, 0) is 25.5 Å². The second-order valence-electron chi connectivity index (χ2n) is 5.83. The third kappa shape index (κ3) is 2.97. The molecular weight excluding hydrogens is 268 g/mol. The topological polar surface area (TPSA) is 61.6 Å². The fourth-order valence-corrected chi connectivity index (χ4v) is 2.78. The standard InChI is InChI=1S/C15H18N4S/c1-9-6-10(2)17-13(11(9)7-16)19-14-18-12(8-20-14)15(3,4)5/h6,8H,1-5H3,(H,17,18,19). The maximum Gasteiger partial charge on any atom is 0.188 e. The lowest BCUT2D eigenvalue weighted by Crippen LogP contribution is -2.11. The summed E-state index contributed by atoms with van der Waals surface area (Å²) >= 11 is 1.53. The van der Waals surface area contributed by atoms with Crippen molar-refractivity contribution in [2.75, 3.05) is 5.32 Å². The molecule has 0 saturated carbocycles. The van der Waals surface area contributed by atoms with Gasteiger partial charge in [0.05, 0.1) is 11.3 Å². The highest BCUT2D eigenvalue weighted by atomic mass is 32.1. The lowest BCUT2D eigenvalue weighted by molar-refractivity contribution is 0.573. The zero-order valence-electron chi connectivity index (χ0n) is 12.4. The quantitative estimate of drug-likeness (QED) is 0.904. The van der Waals surface area contributed by atoms with Crippen molar-refractivity contribution >= 4 is 22.3 Å². The van der Waals surface area contributed by atoms with Gasteiger partial charge in [-0.2, -0.15) is 5.26 Å². The number of hydrogen-bond donors (Lipinski definition) is 1. The smallest absolute Gasteiger partial charge is 0.188 e. The van der Waals surface area contributed by atoms with Gasteiger partial charge in [0.25, 0.3) is 0 Å². The number of nitrogens with one attached hydrogen (secondary N) is 1. The molecule has 0 aliphatic heterocycles. The maximum atomic E-state index is 9.26. The lowest BCUT2D eigenvalue weighted by atomic mass is 9.93. The highest BCUT2D eigenvalue weighted by Gasteiger charge is 2.18. The summed E-state index contributed by atoms with van der Waals surface area (Å²) in [6, 6.07) is 4.11. The summed E-state index contributed by atoms with van der Waals surface area (Å²) in [4.78, 5) is 8.97. The molecule has 2 aromatic heterocycles. The molecule has 0 spiro atoms. The third-order valence-electron chi connectivity index (χ3n) is 2.95. The lowest BCUT2D eigenvalue weighted by Gasteiger charge is -2.14. The van der Waals surface area contributed by atoms with Crippen LogP contribution in [0.5, 0.6) is 0 Å². The number of anilines is 2. The molecule has 0 aliphatic carbocycles. The molecule has 104 valence electrons. The Hall–Kier alpha value is -1.93. The maximum absolute atomic E-state index is 9.26. The van der Waals surface area contributed by atoms with Gasteiger partial charge in [0.2, 0.25) is 0 Å². The van der Waals surface area contributed by atoms with Gasteiger partial charge in [0.1, 0.15) is 6.07 Å². The molecule has 0 bridgehead atoms. The molecular formula is C15H18N4S. The normalized spacial score (nSPS) is 11.2. The Labute approximate surface area is 123 Å². The first-order valence-electron chi connectivity index (χ1n) is 6.42. The number of nitriles is 1. The molecule has 0 fully saturated rings. The van der Waals surface area contributed by atoms with Crippen LogP contribution in [0, 0.1) is 25.2 Å². The zero-order chi connectivity index (χ0) is 14.9. The number of aromatic nitrogens is 2. The predicted molar refractivity (Wildman–Crippen MR) is 82.5 cm³/mol. The number of hydrogen-bond acceptors (Lipinski definition) is 5. The summed E-state index contributed by atoms with van der Waals surface area (Å²) in [6.45, 7) is 10.2. The van der Waals surface area contributed by atoms with Gasteiger partial charge in [-0.15, -0.1) is 11.3 Å². The number of nitrogens with zero attached hydrogens (tertiary/aromatic N) is 3. The third-order valence-corrected chi connectivity index (χ3v) is 3.71. The van der Waals surface area contributed by atoms with Gasteiger partial charge < -0.3 is 5.32 Å². The van der Waals surface area contributed by atoms with E-state index < -0.39 is 0 Å². The van der Waals surface area contributed by atoms with E-state index in [0.717, 1.165) is 22.1 Å². The number of aryl methyl sites for hydroxylation is 2. The van der Waals surface area contributed by atoms with Crippen LogP contribution < -0.4 is 5.32 Å². The largest absolute Gasteiger partial charge is 0.315 e. The Balaban J connectivity index is 2.36. The number of pyridine rings is 1. The van der Waals surface area contributed by atoms with Gasteiger partial charge >= 0.3 is 0 Å². The Morgan fingerprint density at radius 2 is 1.95 bits per heavy atom. The monoisotopic (exact) mass is 286 g/mol. The van der Waals surface area contributed by atoms with Crippen molar-refractivity contribution in [3.63, 3.8) is 0 Å². The fraction of sp³-hybridized carbons (Fsp3) is 0.400. The minimum atomic E-state index is 0.0183. The average Bonchev–Trinajstić information content (AvgIpc) is 2.76. The molecule has 0 radical (unpaired) electrons. The Bertz CT molecular complexity index is 674. The minimum Gasteiger partial charge on any atom is -0.315 e. The van der Waals surface area contributed by atoms with E-state index in [4.69, 9.17) is 0 Å². The van der Waals surface area contributed by atoms with E-state index in [1.807, 2.05) is 25.3 Å². The van der Waals surface area contributed by atoms with Crippen molar-refractivity contribution < 1.29 is 0 Å². The van der Waals surface area contributed by atoms with Crippen LogP contribution in [0.2, 0.25) is 0 Å². The van der Waals surface area contributed by atoms with Crippen LogP contribution in [0.4, 0.5) is 10.9 Å². The molecule has 5 heteroatoms. The van der Waals surface area contributed by atoms with Crippen molar-refractivity contribution in [2.24, 2.45) is 0 Å². The summed E-state index contributed by atoms with van der Waals surface area (Å²) in [7, 11) is 0. The highest BCUT2D eigenvalue weighted by Crippen LogP contribution is 2.29. The van der Waals surface area contributed by atoms with Crippen LogP contribution in [0.3, 0.4) is 0 Å². The van der Waals surface area contributed by atoms with Crippen LogP contribution in [0.1, 0.15) is 43.3 Å². The summed E-state index contributed by atoms with van der Waals surface area (Å²) in [5.41, 5.74) is 3.44. The SMILES string of the molecule is Cc1cc(C)c(C#N)c(Nc2nc(C(C)(C)C)cs2)n1. The fourth-order valence-electron chi connectivity index (χ4n) is 1.85. The van der Waals surface area contributed by atoms with E-state index in [9.17, 15) is 5.26 Å². The van der Waals surface area contributed by atoms with Gasteiger partial charge in [-0.1, -0.05) is 20.8 Å². The van der Waals surface area contributed by atoms with Crippen molar-refractivity contribution in [3.8, 4) is 6.07 Å². The summed E-state index contributed by atoms with van der Waals surface area (Å²) < 4.78 is 0. The number of rotatable bonds is 2. The molecule has 1 N–H and O–H groups in total. The molecule has 0 aromatic carbocycles. The Morgan fingerprint density at radius 1 is 1.25 bits per heavy atom. The first-order chi connectivity index (χ1) is 9.31. The molecule has 0 amide bonds. The van der Waals surface area contributed by atoms with Crippen LogP contribution >= 0.6 is 11.3 Å². The van der Waals surface area contributed by atoms with E-state index in [-0.39, 0.29) is 5.41 Å². The van der Waals surface area contributed by atoms with Crippen molar-refractivity contribution in [2.45, 2.75) is 40.0 Å². The molecule has 0 aliphatic rings.